The third-order valence-electron chi connectivity index (χ3n) is 5.58. The van der Waals surface area contributed by atoms with E-state index in [1.165, 1.54) is 12.8 Å². The fourth-order valence-corrected chi connectivity index (χ4v) is 4.21. The van der Waals surface area contributed by atoms with Crippen molar-refractivity contribution in [3.8, 4) is 5.75 Å². The lowest BCUT2D eigenvalue weighted by Crippen LogP contribution is -2.46. The van der Waals surface area contributed by atoms with E-state index in [0.29, 0.717) is 18.3 Å². The van der Waals surface area contributed by atoms with Crippen LogP contribution in [0.2, 0.25) is 0 Å². The van der Waals surface area contributed by atoms with Gasteiger partial charge in [0, 0.05) is 19.0 Å². The van der Waals surface area contributed by atoms with Crippen LogP contribution < -0.4 is 21.1 Å². The predicted molar refractivity (Wildman–Crippen MR) is 122 cm³/mol. The molecular formula is C21H27IN4O3. The minimum Gasteiger partial charge on any atom is -0.487 e. The fraction of sp³-hybridized carbons (Fsp3) is 0.429. The van der Waals surface area contributed by atoms with Gasteiger partial charge in [0.05, 0.1) is 12.6 Å². The highest BCUT2D eigenvalue weighted by atomic mass is 127. The van der Waals surface area contributed by atoms with Gasteiger partial charge in [0.15, 0.2) is 11.7 Å². The van der Waals surface area contributed by atoms with Gasteiger partial charge in [0.1, 0.15) is 17.1 Å². The molecule has 2 heterocycles. The smallest absolute Gasteiger partial charge is 0.284 e. The van der Waals surface area contributed by atoms with E-state index in [-0.39, 0.29) is 41.4 Å². The van der Waals surface area contributed by atoms with Crippen LogP contribution in [0, 0.1) is 0 Å². The maximum atomic E-state index is 11.2. The molecule has 1 amide bonds. The summed E-state index contributed by atoms with van der Waals surface area (Å²) in [4.78, 5) is 15.5. The number of nitrogens with zero attached hydrogens (tertiary/aromatic N) is 1. The number of hydrogen-bond donors (Lipinski definition) is 3. The highest BCUT2D eigenvalue weighted by Gasteiger charge is 2.43. The normalized spacial score (nSPS) is 19.8. The topological polar surface area (TPSA) is 102 Å². The van der Waals surface area contributed by atoms with E-state index in [2.05, 4.69) is 21.7 Å². The molecule has 1 aromatic carbocycles. The van der Waals surface area contributed by atoms with Crippen LogP contribution in [0.4, 0.5) is 0 Å². The summed E-state index contributed by atoms with van der Waals surface area (Å²) >= 11 is 0. The number of carbonyl (C=O) groups excluding carboxylic acids is 1. The predicted octanol–water partition coefficient (Wildman–Crippen LogP) is 3.50. The Labute approximate surface area is 187 Å². The number of benzene rings is 1. The minimum absolute atomic E-state index is 0. The second-order valence-electron chi connectivity index (χ2n) is 7.49. The largest absolute Gasteiger partial charge is 0.487 e. The summed E-state index contributed by atoms with van der Waals surface area (Å²) < 4.78 is 11.8. The van der Waals surface area contributed by atoms with Gasteiger partial charge in [-0.15, -0.1) is 24.0 Å². The van der Waals surface area contributed by atoms with E-state index in [9.17, 15) is 4.79 Å². The van der Waals surface area contributed by atoms with Gasteiger partial charge in [0.2, 0.25) is 0 Å². The van der Waals surface area contributed by atoms with Crippen molar-refractivity contribution >= 4 is 35.8 Å². The molecule has 29 heavy (non-hydrogen) atoms. The van der Waals surface area contributed by atoms with E-state index in [1.54, 1.807) is 19.2 Å². The molecule has 2 aromatic rings. The fourth-order valence-electron chi connectivity index (χ4n) is 4.21. The molecule has 1 aromatic heterocycles. The van der Waals surface area contributed by atoms with Crippen molar-refractivity contribution in [2.75, 3.05) is 7.05 Å². The van der Waals surface area contributed by atoms with Gasteiger partial charge in [-0.3, -0.25) is 9.79 Å². The number of nitrogens with one attached hydrogen (secondary N) is 2. The minimum atomic E-state index is -0.575. The zero-order valence-corrected chi connectivity index (χ0v) is 18.8. The van der Waals surface area contributed by atoms with E-state index in [1.807, 2.05) is 18.2 Å². The molecule has 2 aliphatic rings. The molecule has 1 unspecified atom stereocenters. The Kier molecular flexibility index (Phi) is 6.71. The van der Waals surface area contributed by atoms with Crippen LogP contribution in [-0.2, 0) is 6.54 Å². The van der Waals surface area contributed by atoms with Gasteiger partial charge in [0.25, 0.3) is 5.91 Å². The lowest BCUT2D eigenvalue weighted by molar-refractivity contribution is 0.0396. The van der Waals surface area contributed by atoms with Crippen LogP contribution in [0.3, 0.4) is 0 Å². The molecular weight excluding hydrogens is 483 g/mol. The van der Waals surface area contributed by atoms with E-state index >= 15 is 0 Å². The van der Waals surface area contributed by atoms with Crippen LogP contribution in [0.25, 0.3) is 0 Å². The number of hydrogen-bond acceptors (Lipinski definition) is 4. The summed E-state index contributed by atoms with van der Waals surface area (Å²) in [6, 6.07) is 11.6. The van der Waals surface area contributed by atoms with Crippen LogP contribution in [0.15, 0.2) is 45.8 Å². The number of nitrogens with two attached hydrogens (primary N) is 1. The number of aliphatic imine (C=N–C) groups is 1. The first-order chi connectivity index (χ1) is 13.6. The van der Waals surface area contributed by atoms with Crippen LogP contribution >= 0.6 is 24.0 Å². The van der Waals surface area contributed by atoms with Gasteiger partial charge >= 0.3 is 0 Å². The van der Waals surface area contributed by atoms with Crippen LogP contribution in [-0.4, -0.2) is 24.5 Å². The highest BCUT2D eigenvalue weighted by molar-refractivity contribution is 14.0. The zero-order chi connectivity index (χ0) is 19.6. The maximum absolute atomic E-state index is 11.2. The summed E-state index contributed by atoms with van der Waals surface area (Å²) in [5.41, 5.74) is 6.30. The van der Waals surface area contributed by atoms with E-state index in [4.69, 9.17) is 14.9 Å². The summed E-state index contributed by atoms with van der Waals surface area (Å²) in [6.45, 7) is 0.406. The zero-order valence-electron chi connectivity index (χ0n) is 16.4. The molecule has 0 bridgehead atoms. The van der Waals surface area contributed by atoms with Gasteiger partial charge in [-0.1, -0.05) is 18.2 Å². The Bertz CT molecular complexity index is 890. The number of primary amides is 1. The first-order valence-corrected chi connectivity index (χ1v) is 9.72. The lowest BCUT2D eigenvalue weighted by atomic mass is 9.86. The van der Waals surface area contributed by atoms with Crippen LogP contribution in [0.1, 0.15) is 60.0 Å². The molecule has 156 valence electrons. The molecule has 1 aliphatic heterocycles. The number of carbonyl (C=O) groups is 1. The Morgan fingerprint density at radius 1 is 1.24 bits per heavy atom. The number of guanidine groups is 1. The second kappa shape index (κ2) is 9.06. The first kappa shape index (κ1) is 21.5. The number of fused-ring (bicyclic) bond motifs is 1. The first-order valence-electron chi connectivity index (χ1n) is 9.72. The third-order valence-corrected chi connectivity index (χ3v) is 5.58. The number of rotatable bonds is 4. The van der Waals surface area contributed by atoms with Crippen molar-refractivity contribution in [1.29, 1.82) is 0 Å². The molecule has 7 nitrogen and oxygen atoms in total. The molecule has 1 atom stereocenters. The molecule has 8 heteroatoms. The summed E-state index contributed by atoms with van der Waals surface area (Å²) in [6.07, 6.45) is 5.52. The number of para-hydroxylation sites is 1. The van der Waals surface area contributed by atoms with Crippen molar-refractivity contribution in [1.82, 2.24) is 10.6 Å². The van der Waals surface area contributed by atoms with Crippen LogP contribution in [0.5, 0.6) is 5.75 Å². The molecule has 0 radical (unpaired) electrons. The van der Waals surface area contributed by atoms with E-state index < -0.39 is 5.91 Å². The highest BCUT2D eigenvalue weighted by Crippen LogP contribution is 2.46. The van der Waals surface area contributed by atoms with Gasteiger partial charge in [-0.05, 0) is 43.9 Å². The Morgan fingerprint density at radius 2 is 2.00 bits per heavy atom. The molecule has 4 rings (SSSR count). The Balaban J connectivity index is 0.00000240. The Hall–Kier alpha value is -2.23. The molecule has 0 saturated heterocycles. The summed E-state index contributed by atoms with van der Waals surface area (Å²) in [7, 11) is 1.74. The van der Waals surface area contributed by atoms with Crippen molar-refractivity contribution in [2.45, 2.75) is 50.3 Å². The van der Waals surface area contributed by atoms with Gasteiger partial charge in [-0.25, -0.2) is 0 Å². The monoisotopic (exact) mass is 510 g/mol. The number of amides is 1. The average Bonchev–Trinajstić information content (AvgIpc) is 3.35. The third kappa shape index (κ3) is 4.68. The number of halogens is 1. The van der Waals surface area contributed by atoms with Gasteiger partial charge in [-0.2, -0.15) is 0 Å². The molecule has 4 N–H and O–H groups in total. The lowest BCUT2D eigenvalue weighted by Gasteiger charge is -2.40. The maximum Gasteiger partial charge on any atom is 0.284 e. The molecule has 1 spiro atoms. The quantitative estimate of drug-likeness (QED) is 0.332. The SMILES string of the molecule is CN=C(NCc1ccc(C(N)=O)o1)NC1CC2(CCCC2)Oc2ccccc21.I. The van der Waals surface area contributed by atoms with E-state index in [0.717, 1.165) is 30.6 Å². The van der Waals surface area contributed by atoms with Crippen molar-refractivity contribution in [3.05, 3.63) is 53.5 Å². The van der Waals surface area contributed by atoms with Crippen molar-refractivity contribution < 1.29 is 13.9 Å². The number of ether oxygens (including phenoxy) is 1. The molecule has 1 aliphatic carbocycles. The Morgan fingerprint density at radius 3 is 2.69 bits per heavy atom. The number of furan rings is 1. The van der Waals surface area contributed by atoms with Crippen molar-refractivity contribution in [3.63, 3.8) is 0 Å². The molecule has 1 saturated carbocycles. The van der Waals surface area contributed by atoms with Crippen molar-refractivity contribution in [2.24, 2.45) is 10.7 Å². The second-order valence-corrected chi connectivity index (χ2v) is 7.49. The summed E-state index contributed by atoms with van der Waals surface area (Å²) in [5.74, 6) is 1.83. The molecule has 1 fully saturated rings. The average molecular weight is 510 g/mol. The summed E-state index contributed by atoms with van der Waals surface area (Å²) in [5, 5.41) is 6.79. The standard InChI is InChI=1S/C21H26N4O3.HI/c1-23-20(24-13-14-8-9-18(27-14)19(22)26)25-16-12-21(10-4-5-11-21)28-17-7-3-2-6-15(16)17;/h2-3,6-9,16H,4-5,10-13H2,1H3,(H2,22,26)(H2,23,24,25);1H. The van der Waals surface area contributed by atoms with Gasteiger partial charge < -0.3 is 25.5 Å².